The van der Waals surface area contributed by atoms with Crippen molar-refractivity contribution < 1.29 is 4.74 Å². The first-order valence-corrected chi connectivity index (χ1v) is 6.12. The van der Waals surface area contributed by atoms with Crippen LogP contribution in [0.2, 0.25) is 0 Å². The van der Waals surface area contributed by atoms with Crippen molar-refractivity contribution in [1.82, 2.24) is 0 Å². The Balaban J connectivity index is 1.83. The van der Waals surface area contributed by atoms with Crippen molar-refractivity contribution in [3.05, 3.63) is 76.5 Å². The minimum atomic E-state index is -0.0697. The predicted molar refractivity (Wildman–Crippen MR) is 73.0 cm³/mol. The molecule has 2 nitrogen and oxygen atoms in total. The van der Waals surface area contributed by atoms with Gasteiger partial charge in [0.05, 0.1) is 6.61 Å². The Kier molecular flexibility index (Phi) is 4.53. The summed E-state index contributed by atoms with van der Waals surface area (Å²) in [5.74, 6) is 0.424. The van der Waals surface area contributed by atoms with Crippen LogP contribution in [-0.2, 0) is 6.42 Å². The first kappa shape index (κ1) is 12.4. The minimum Gasteiger partial charge on any atom is -0.489 e. The second-order valence-electron chi connectivity index (χ2n) is 4.08. The largest absolute Gasteiger partial charge is 0.489 e. The average Bonchev–Trinajstić information content (AvgIpc) is 2.61. The second-order valence-corrected chi connectivity index (χ2v) is 4.08. The van der Waals surface area contributed by atoms with E-state index >= 15 is 0 Å². The van der Waals surface area contributed by atoms with E-state index in [1.807, 2.05) is 30.3 Å². The molecule has 2 aromatic rings. The molecule has 2 rings (SSSR count). The van der Waals surface area contributed by atoms with Crippen LogP contribution < -0.4 is 10.2 Å². The lowest BCUT2D eigenvalue weighted by molar-refractivity contribution is 0.308. The van der Waals surface area contributed by atoms with Crippen molar-refractivity contribution in [2.24, 2.45) is 0 Å². The summed E-state index contributed by atoms with van der Waals surface area (Å²) in [6, 6.07) is 18.9. The van der Waals surface area contributed by atoms with Crippen molar-refractivity contribution >= 4 is 0 Å². The van der Waals surface area contributed by atoms with E-state index in [1.54, 1.807) is 12.1 Å². The van der Waals surface area contributed by atoms with Crippen LogP contribution in [-0.4, -0.2) is 6.61 Å². The van der Waals surface area contributed by atoms with Gasteiger partial charge < -0.3 is 4.74 Å². The Hall–Kier alpha value is -2.09. The lowest BCUT2D eigenvalue weighted by Crippen LogP contribution is -2.06. The Morgan fingerprint density at radius 1 is 0.833 bits per heavy atom. The monoisotopic (exact) mass is 240 g/mol. The van der Waals surface area contributed by atoms with Crippen LogP contribution in [0, 0.1) is 0 Å². The molecule has 0 bridgehead atoms. The zero-order valence-corrected chi connectivity index (χ0v) is 10.2. The highest BCUT2D eigenvalue weighted by Crippen LogP contribution is 2.05. The number of ether oxygens (including phenoxy) is 1. The first-order valence-electron chi connectivity index (χ1n) is 6.12. The Morgan fingerprint density at radius 2 is 1.50 bits per heavy atom. The molecule has 18 heavy (non-hydrogen) atoms. The highest BCUT2D eigenvalue weighted by molar-refractivity contribution is 5.20. The summed E-state index contributed by atoms with van der Waals surface area (Å²) < 4.78 is 5.51. The molecular weight excluding hydrogens is 224 g/mol. The standard InChI is InChI=1S/C16H16O2/c17-15-11-5-2-6-12-16(15)18-13-7-10-14-8-3-1-4-9-14/h1-6,8-9,11-12H,7,10,13H2. The molecule has 0 atom stereocenters. The Bertz CT molecular complexity index is 535. The number of rotatable bonds is 5. The molecule has 0 saturated heterocycles. The first-order chi connectivity index (χ1) is 8.86. The highest BCUT2D eigenvalue weighted by Gasteiger charge is 1.97. The molecule has 0 heterocycles. The normalized spacial score (nSPS) is 10.0. The van der Waals surface area contributed by atoms with Gasteiger partial charge in [-0.3, -0.25) is 4.79 Å². The summed E-state index contributed by atoms with van der Waals surface area (Å²) in [5.41, 5.74) is 1.22. The number of hydrogen-bond acceptors (Lipinski definition) is 2. The molecule has 0 N–H and O–H groups in total. The molecule has 0 saturated carbocycles. The van der Waals surface area contributed by atoms with E-state index < -0.39 is 0 Å². The molecule has 0 fully saturated rings. The molecule has 0 aromatic heterocycles. The molecule has 0 amide bonds. The van der Waals surface area contributed by atoms with E-state index in [0.717, 1.165) is 12.8 Å². The van der Waals surface area contributed by atoms with Gasteiger partial charge in [0.15, 0.2) is 5.75 Å². The summed E-state index contributed by atoms with van der Waals surface area (Å²) in [6.45, 7) is 0.564. The van der Waals surface area contributed by atoms with Crippen LogP contribution in [0.25, 0.3) is 0 Å². The van der Waals surface area contributed by atoms with E-state index in [-0.39, 0.29) is 5.43 Å². The molecule has 0 radical (unpaired) electrons. The van der Waals surface area contributed by atoms with Gasteiger partial charge in [0.1, 0.15) is 0 Å². The summed E-state index contributed by atoms with van der Waals surface area (Å²) in [6.07, 6.45) is 1.87. The summed E-state index contributed by atoms with van der Waals surface area (Å²) in [4.78, 5) is 11.6. The van der Waals surface area contributed by atoms with E-state index in [4.69, 9.17) is 4.74 Å². The van der Waals surface area contributed by atoms with Gasteiger partial charge in [-0.1, -0.05) is 48.5 Å². The van der Waals surface area contributed by atoms with Gasteiger partial charge in [-0.25, -0.2) is 0 Å². The SMILES string of the molecule is O=c1cccccc1OCCCc1ccccc1. The molecule has 0 aliphatic carbocycles. The van der Waals surface area contributed by atoms with E-state index in [9.17, 15) is 4.79 Å². The van der Waals surface area contributed by atoms with Crippen molar-refractivity contribution in [2.75, 3.05) is 6.61 Å². The molecule has 2 aromatic carbocycles. The van der Waals surface area contributed by atoms with Crippen LogP contribution in [0.5, 0.6) is 5.75 Å². The van der Waals surface area contributed by atoms with E-state index in [2.05, 4.69) is 12.1 Å². The maximum absolute atomic E-state index is 11.6. The zero-order valence-electron chi connectivity index (χ0n) is 10.2. The maximum atomic E-state index is 11.6. The fourth-order valence-electron chi connectivity index (χ4n) is 1.74. The number of hydrogen-bond donors (Lipinski definition) is 0. The van der Waals surface area contributed by atoms with Crippen LogP contribution in [0.3, 0.4) is 0 Å². The van der Waals surface area contributed by atoms with Crippen molar-refractivity contribution in [2.45, 2.75) is 12.8 Å². The minimum absolute atomic E-state index is 0.0697. The van der Waals surface area contributed by atoms with E-state index in [1.165, 1.54) is 11.6 Å². The van der Waals surface area contributed by atoms with Crippen LogP contribution >= 0.6 is 0 Å². The summed E-state index contributed by atoms with van der Waals surface area (Å²) >= 11 is 0. The fraction of sp³-hybridized carbons (Fsp3) is 0.188. The van der Waals surface area contributed by atoms with Gasteiger partial charge in [-0.2, -0.15) is 0 Å². The quantitative estimate of drug-likeness (QED) is 0.751. The van der Waals surface area contributed by atoms with Crippen LogP contribution in [0.4, 0.5) is 0 Å². The smallest absolute Gasteiger partial charge is 0.220 e. The molecule has 0 aliphatic rings. The van der Waals surface area contributed by atoms with Crippen molar-refractivity contribution in [1.29, 1.82) is 0 Å². The third-order valence-corrected chi connectivity index (χ3v) is 2.67. The lowest BCUT2D eigenvalue weighted by Gasteiger charge is -2.04. The van der Waals surface area contributed by atoms with Crippen molar-refractivity contribution in [3.8, 4) is 5.75 Å². The van der Waals surface area contributed by atoms with Crippen LogP contribution in [0.15, 0.2) is 65.5 Å². The third-order valence-electron chi connectivity index (χ3n) is 2.67. The molecule has 0 unspecified atom stereocenters. The lowest BCUT2D eigenvalue weighted by atomic mass is 10.1. The van der Waals surface area contributed by atoms with Gasteiger partial charge in [-0.05, 0) is 30.5 Å². The second kappa shape index (κ2) is 6.60. The third kappa shape index (κ3) is 3.74. The average molecular weight is 240 g/mol. The summed E-state index contributed by atoms with van der Waals surface area (Å²) in [5, 5.41) is 0. The molecule has 0 spiro atoms. The Morgan fingerprint density at radius 3 is 2.28 bits per heavy atom. The maximum Gasteiger partial charge on any atom is 0.220 e. The van der Waals surface area contributed by atoms with Crippen molar-refractivity contribution in [3.63, 3.8) is 0 Å². The van der Waals surface area contributed by atoms with Gasteiger partial charge in [0, 0.05) is 0 Å². The molecule has 0 aliphatic heterocycles. The van der Waals surface area contributed by atoms with Gasteiger partial charge in [0.2, 0.25) is 5.43 Å². The molecule has 92 valence electrons. The fourth-order valence-corrected chi connectivity index (χ4v) is 1.74. The molecular formula is C16H16O2. The zero-order chi connectivity index (χ0) is 12.6. The number of benzene rings is 1. The highest BCUT2D eigenvalue weighted by atomic mass is 16.5. The van der Waals surface area contributed by atoms with Gasteiger partial charge in [0.25, 0.3) is 0 Å². The Labute approximate surface area is 107 Å². The van der Waals surface area contributed by atoms with Gasteiger partial charge >= 0.3 is 0 Å². The summed E-state index contributed by atoms with van der Waals surface area (Å²) in [7, 11) is 0. The van der Waals surface area contributed by atoms with Crippen LogP contribution in [0.1, 0.15) is 12.0 Å². The van der Waals surface area contributed by atoms with E-state index in [0.29, 0.717) is 12.4 Å². The predicted octanol–water partition coefficient (Wildman–Crippen LogP) is 3.06. The topological polar surface area (TPSA) is 26.3 Å². The van der Waals surface area contributed by atoms with Gasteiger partial charge in [-0.15, -0.1) is 0 Å². The molecule has 2 heteroatoms. The number of aryl methyl sites for hydroxylation is 1.